The maximum absolute atomic E-state index is 5.81. The molecule has 0 radical (unpaired) electrons. The fraction of sp³-hybridized carbons (Fsp3) is 0.500. The van der Waals surface area contributed by atoms with E-state index >= 15 is 0 Å². The van der Waals surface area contributed by atoms with Crippen LogP contribution in [0.15, 0.2) is 30.5 Å². The number of aryl methyl sites for hydroxylation is 2. The Kier molecular flexibility index (Phi) is 4.77. The summed E-state index contributed by atoms with van der Waals surface area (Å²) in [4.78, 5) is 0. The molecule has 0 spiro atoms. The van der Waals surface area contributed by atoms with Crippen molar-refractivity contribution in [3.63, 3.8) is 0 Å². The van der Waals surface area contributed by atoms with Crippen LogP contribution in [-0.4, -0.2) is 21.0 Å². The molecule has 1 N–H and O–H groups in total. The number of unbranched alkanes of at least 4 members (excludes halogenated alkanes) is 1. The molecule has 0 saturated carbocycles. The summed E-state index contributed by atoms with van der Waals surface area (Å²) in [5.41, 5.74) is 2.25. The molecule has 20 heavy (non-hydrogen) atoms. The minimum Gasteiger partial charge on any atom is -0.488 e. The highest BCUT2D eigenvalue weighted by Gasteiger charge is 2.11. The first-order valence-corrected chi connectivity index (χ1v) is 7.15. The molecule has 0 aliphatic heterocycles. The van der Waals surface area contributed by atoms with Crippen molar-refractivity contribution in [2.45, 2.75) is 52.1 Å². The summed E-state index contributed by atoms with van der Waals surface area (Å²) in [5.74, 6) is 0.934. The van der Waals surface area contributed by atoms with Gasteiger partial charge in [-0.2, -0.15) is 15.4 Å². The van der Waals surface area contributed by atoms with Crippen molar-refractivity contribution in [2.24, 2.45) is 0 Å². The van der Waals surface area contributed by atoms with Crippen LogP contribution < -0.4 is 4.74 Å². The van der Waals surface area contributed by atoms with Gasteiger partial charge in [-0.15, -0.1) is 0 Å². The first-order valence-electron chi connectivity index (χ1n) is 7.15. The smallest absolute Gasteiger partial charge is 0.120 e. The summed E-state index contributed by atoms with van der Waals surface area (Å²) in [6.45, 7) is 6.18. The lowest BCUT2D eigenvalue weighted by Gasteiger charge is -2.21. The summed E-state index contributed by atoms with van der Waals surface area (Å²) in [6, 6.07) is 8.41. The quantitative estimate of drug-likeness (QED) is 0.819. The fourth-order valence-electron chi connectivity index (χ4n) is 2.06. The number of aromatic amines is 1. The van der Waals surface area contributed by atoms with Gasteiger partial charge in [0.2, 0.25) is 0 Å². The molecule has 0 amide bonds. The highest BCUT2D eigenvalue weighted by molar-refractivity contribution is 5.27. The van der Waals surface area contributed by atoms with Gasteiger partial charge < -0.3 is 4.74 Å². The molecule has 4 nitrogen and oxygen atoms in total. The number of nitrogens with one attached hydrogen (secondary N) is 1. The average molecular weight is 273 g/mol. The molecule has 1 aromatic heterocycles. The van der Waals surface area contributed by atoms with E-state index in [0.717, 1.165) is 37.1 Å². The zero-order chi connectivity index (χ0) is 14.4. The van der Waals surface area contributed by atoms with E-state index in [0.29, 0.717) is 0 Å². The van der Waals surface area contributed by atoms with Gasteiger partial charge in [0, 0.05) is 0 Å². The van der Waals surface area contributed by atoms with Crippen molar-refractivity contribution in [1.82, 2.24) is 15.4 Å². The molecular formula is C16H23N3O. The molecule has 2 aromatic rings. The second-order valence-corrected chi connectivity index (χ2v) is 6.03. The molecule has 1 heterocycles. The minimum atomic E-state index is -0.140. The molecule has 0 atom stereocenters. The van der Waals surface area contributed by atoms with Crippen LogP contribution in [0.25, 0.3) is 0 Å². The molecule has 0 unspecified atom stereocenters. The van der Waals surface area contributed by atoms with E-state index in [1.165, 1.54) is 5.56 Å². The molecule has 0 saturated heterocycles. The van der Waals surface area contributed by atoms with Gasteiger partial charge in [0.15, 0.2) is 0 Å². The van der Waals surface area contributed by atoms with Crippen LogP contribution in [0.2, 0.25) is 0 Å². The number of nitrogens with zero attached hydrogens (tertiary/aromatic N) is 2. The van der Waals surface area contributed by atoms with Gasteiger partial charge in [-0.1, -0.05) is 12.1 Å². The predicted molar refractivity (Wildman–Crippen MR) is 79.8 cm³/mol. The van der Waals surface area contributed by atoms with Gasteiger partial charge in [-0.25, -0.2) is 0 Å². The predicted octanol–water partition coefficient (Wildman–Crippen LogP) is 3.55. The van der Waals surface area contributed by atoms with E-state index in [4.69, 9.17) is 4.74 Å². The van der Waals surface area contributed by atoms with Crippen LogP contribution in [0, 0.1) is 0 Å². The Morgan fingerprint density at radius 3 is 2.35 bits per heavy atom. The summed E-state index contributed by atoms with van der Waals surface area (Å²) in [7, 11) is 0. The second-order valence-electron chi connectivity index (χ2n) is 6.03. The van der Waals surface area contributed by atoms with Crippen molar-refractivity contribution < 1.29 is 4.74 Å². The van der Waals surface area contributed by atoms with Crippen molar-refractivity contribution in [1.29, 1.82) is 0 Å². The van der Waals surface area contributed by atoms with Gasteiger partial charge in [0.1, 0.15) is 11.4 Å². The Balaban J connectivity index is 1.73. The van der Waals surface area contributed by atoms with E-state index in [-0.39, 0.29) is 5.60 Å². The van der Waals surface area contributed by atoms with Gasteiger partial charge in [0.25, 0.3) is 0 Å². The summed E-state index contributed by atoms with van der Waals surface area (Å²) >= 11 is 0. The summed E-state index contributed by atoms with van der Waals surface area (Å²) in [5, 5.41) is 10.5. The molecule has 1 aromatic carbocycles. The van der Waals surface area contributed by atoms with Gasteiger partial charge in [0.05, 0.1) is 11.9 Å². The van der Waals surface area contributed by atoms with Crippen LogP contribution in [-0.2, 0) is 12.8 Å². The maximum atomic E-state index is 5.81. The SMILES string of the molecule is CC(C)(C)Oc1ccc(CCCCc2cn[nH]n2)cc1. The largest absolute Gasteiger partial charge is 0.488 e. The lowest BCUT2D eigenvalue weighted by atomic mass is 10.1. The number of hydrogen-bond donors (Lipinski definition) is 1. The van der Waals surface area contributed by atoms with Crippen molar-refractivity contribution in [3.05, 3.63) is 41.7 Å². The van der Waals surface area contributed by atoms with E-state index in [9.17, 15) is 0 Å². The molecular weight excluding hydrogens is 250 g/mol. The van der Waals surface area contributed by atoms with E-state index in [1.807, 2.05) is 0 Å². The highest BCUT2D eigenvalue weighted by atomic mass is 16.5. The van der Waals surface area contributed by atoms with Gasteiger partial charge >= 0.3 is 0 Å². The molecule has 4 heteroatoms. The van der Waals surface area contributed by atoms with Crippen LogP contribution >= 0.6 is 0 Å². The number of H-pyrrole nitrogens is 1. The fourth-order valence-corrected chi connectivity index (χ4v) is 2.06. The maximum Gasteiger partial charge on any atom is 0.120 e. The molecule has 0 bridgehead atoms. The van der Waals surface area contributed by atoms with Crippen LogP contribution in [0.1, 0.15) is 44.9 Å². The van der Waals surface area contributed by atoms with Crippen molar-refractivity contribution >= 4 is 0 Å². The Bertz CT molecular complexity index is 498. The zero-order valence-corrected chi connectivity index (χ0v) is 12.5. The molecule has 0 aliphatic carbocycles. The number of benzene rings is 1. The van der Waals surface area contributed by atoms with Crippen molar-refractivity contribution in [2.75, 3.05) is 0 Å². The molecule has 0 fully saturated rings. The lowest BCUT2D eigenvalue weighted by Crippen LogP contribution is -2.22. The topological polar surface area (TPSA) is 50.8 Å². The Morgan fingerprint density at radius 1 is 1.05 bits per heavy atom. The van der Waals surface area contributed by atoms with Gasteiger partial charge in [-0.3, -0.25) is 0 Å². The van der Waals surface area contributed by atoms with Crippen LogP contribution in [0.3, 0.4) is 0 Å². The second kappa shape index (κ2) is 6.55. The zero-order valence-electron chi connectivity index (χ0n) is 12.5. The van der Waals surface area contributed by atoms with E-state index in [2.05, 4.69) is 60.4 Å². The normalized spacial score (nSPS) is 11.6. The van der Waals surface area contributed by atoms with Gasteiger partial charge in [-0.05, 0) is 64.2 Å². The third kappa shape index (κ3) is 5.03. The number of aromatic nitrogens is 3. The first kappa shape index (κ1) is 14.6. The highest BCUT2D eigenvalue weighted by Crippen LogP contribution is 2.19. The average Bonchev–Trinajstić information content (AvgIpc) is 2.88. The third-order valence-electron chi connectivity index (χ3n) is 2.96. The third-order valence-corrected chi connectivity index (χ3v) is 2.96. The molecule has 108 valence electrons. The minimum absolute atomic E-state index is 0.140. The Labute approximate surface area is 120 Å². The number of rotatable bonds is 6. The lowest BCUT2D eigenvalue weighted by molar-refractivity contribution is 0.131. The van der Waals surface area contributed by atoms with Crippen molar-refractivity contribution in [3.8, 4) is 5.75 Å². The van der Waals surface area contributed by atoms with E-state index in [1.54, 1.807) is 6.20 Å². The molecule has 0 aliphatic rings. The Morgan fingerprint density at radius 2 is 1.75 bits per heavy atom. The summed E-state index contributed by atoms with van der Waals surface area (Å²) < 4.78 is 5.81. The van der Waals surface area contributed by atoms with Crippen LogP contribution in [0.5, 0.6) is 5.75 Å². The molecule has 2 rings (SSSR count). The summed E-state index contributed by atoms with van der Waals surface area (Å²) in [6.07, 6.45) is 6.16. The first-order chi connectivity index (χ1) is 9.53. The standard InChI is InChI=1S/C16H23N3O/c1-16(2,3)20-15-10-8-13(9-11-15)6-4-5-7-14-12-17-19-18-14/h8-12H,4-7H2,1-3H3,(H,17,18,19). The number of hydrogen-bond acceptors (Lipinski definition) is 3. The van der Waals surface area contributed by atoms with Crippen LogP contribution in [0.4, 0.5) is 0 Å². The van der Waals surface area contributed by atoms with E-state index < -0.39 is 0 Å². The monoisotopic (exact) mass is 273 g/mol. The number of ether oxygens (including phenoxy) is 1. The Hall–Kier alpha value is -1.84.